The summed E-state index contributed by atoms with van der Waals surface area (Å²) in [6.07, 6.45) is 0.963. The first kappa shape index (κ1) is 7.32. The predicted octanol–water partition coefficient (Wildman–Crippen LogP) is -3.54. The van der Waals surface area contributed by atoms with Gasteiger partial charge in [0.15, 0.2) is 0 Å². The fourth-order valence-electron chi connectivity index (χ4n) is 1.14. The molecule has 0 fully saturated rings. The Labute approximate surface area is 75.2 Å². The first-order valence-electron chi connectivity index (χ1n) is 2.62. The molecule has 0 saturated carbocycles. The summed E-state index contributed by atoms with van der Waals surface area (Å²) in [6.45, 7) is 1.70. The molecule has 0 unspecified atom stereocenters. The van der Waals surface area contributed by atoms with Gasteiger partial charge in [-0.2, -0.15) is 0 Å². The van der Waals surface area contributed by atoms with Gasteiger partial charge in [0.2, 0.25) is 0 Å². The number of hydrogen-bond acceptors (Lipinski definition) is 2. The summed E-state index contributed by atoms with van der Waals surface area (Å²) in [6, 6.07) is 0. The first-order valence-corrected chi connectivity index (χ1v) is 2.62. The van der Waals surface area contributed by atoms with E-state index in [0.29, 0.717) is 0 Å². The Bertz CT molecular complexity index is 205. The van der Waals surface area contributed by atoms with Crippen LogP contribution < -0.4 is 34.7 Å². The molecule has 2 rings (SSSR count). The number of hydrogen-bond donors (Lipinski definition) is 0. The van der Waals surface area contributed by atoms with Crippen molar-refractivity contribution in [1.82, 2.24) is 0 Å². The van der Waals surface area contributed by atoms with Crippen molar-refractivity contribution >= 4 is 5.97 Å². The van der Waals surface area contributed by atoms with Crippen molar-refractivity contribution in [3.63, 3.8) is 0 Å². The molecular weight excluding hydrogens is 127 g/mol. The van der Waals surface area contributed by atoms with Gasteiger partial charge in [0.05, 0.1) is 11.4 Å². The van der Waals surface area contributed by atoms with Gasteiger partial charge >= 0.3 is 29.6 Å². The largest absolute Gasteiger partial charge is 1.00 e. The van der Waals surface area contributed by atoms with Gasteiger partial charge in [-0.15, -0.1) is 0 Å². The van der Waals surface area contributed by atoms with Gasteiger partial charge in [0, 0.05) is 0 Å². The predicted molar refractivity (Wildman–Crippen MR) is 24.8 cm³/mol. The minimum Gasteiger partial charge on any atom is -0.549 e. The molecule has 0 aromatic heterocycles. The number of carboxylic acids is 1. The summed E-state index contributed by atoms with van der Waals surface area (Å²) in [5.74, 6) is -0.922. The Kier molecular flexibility index (Phi) is 1.32. The summed E-state index contributed by atoms with van der Waals surface area (Å²) in [5, 5.41) is 10.2. The molecule has 0 radical (unpaired) electrons. The third-order valence-corrected chi connectivity index (χ3v) is 2.15. The molecule has 0 atom stereocenters. The quantitative estimate of drug-likeness (QED) is 0.274. The van der Waals surface area contributed by atoms with Crippen molar-refractivity contribution in [2.45, 2.75) is 13.3 Å². The zero-order valence-corrected chi connectivity index (χ0v) is 7.52. The van der Waals surface area contributed by atoms with Crippen LogP contribution in [0.2, 0.25) is 0 Å². The van der Waals surface area contributed by atoms with Crippen LogP contribution in [0.25, 0.3) is 0 Å². The maximum absolute atomic E-state index is 10.2. The Morgan fingerprint density at radius 1 is 1.67 bits per heavy atom. The van der Waals surface area contributed by atoms with E-state index in [1.54, 1.807) is 6.92 Å². The van der Waals surface area contributed by atoms with E-state index in [-0.39, 0.29) is 29.6 Å². The van der Waals surface area contributed by atoms with Crippen LogP contribution in [-0.2, 0) is 4.79 Å². The molecule has 0 bridgehead atoms. The number of carbonyl (C=O) groups excluding carboxylic acids is 1. The molecule has 0 aromatic rings. The second kappa shape index (κ2) is 1.62. The molecule has 0 aromatic carbocycles. The van der Waals surface area contributed by atoms with Gasteiger partial charge in [-0.05, 0) is 24.5 Å². The molecule has 0 N–H and O–H groups in total. The van der Waals surface area contributed by atoms with E-state index >= 15 is 0 Å². The van der Waals surface area contributed by atoms with Crippen LogP contribution in [0.4, 0.5) is 0 Å². The van der Waals surface area contributed by atoms with Gasteiger partial charge in [-0.1, -0.05) is 0 Å². The summed E-state index contributed by atoms with van der Waals surface area (Å²) in [4.78, 5) is 10.2. The normalized spacial score (nSPS) is 24.1. The van der Waals surface area contributed by atoms with Crippen LogP contribution in [0.15, 0.2) is 11.1 Å². The minimum atomic E-state index is -0.922. The van der Waals surface area contributed by atoms with Crippen LogP contribution >= 0.6 is 0 Å². The number of carbonyl (C=O) groups is 1. The fourth-order valence-corrected chi connectivity index (χ4v) is 1.14. The molecule has 0 aliphatic heterocycles. The Hall–Kier alpha value is 0.210. The van der Waals surface area contributed by atoms with E-state index in [1.807, 2.05) is 0 Å². The average Bonchev–Trinajstić information content (AvgIpc) is 2.46. The molecular formula is C6H5NaO2. The molecule has 0 amide bonds. The summed E-state index contributed by atoms with van der Waals surface area (Å²) in [7, 11) is 0. The molecule has 2 aliphatic carbocycles. The molecule has 9 heavy (non-hydrogen) atoms. The van der Waals surface area contributed by atoms with Crippen molar-refractivity contribution in [3.8, 4) is 0 Å². The monoisotopic (exact) mass is 132 g/mol. The second-order valence-corrected chi connectivity index (χ2v) is 2.55. The standard InChI is InChI=1S/C6H6O2.Na/c1-6(5(7)8)3-2-4(3)6;/h2H2,1H3,(H,7,8);/q;+1/p-1. The molecule has 0 saturated heterocycles. The Morgan fingerprint density at radius 3 is 2.11 bits per heavy atom. The minimum absolute atomic E-state index is 0. The van der Waals surface area contributed by atoms with Crippen LogP contribution in [0.3, 0.4) is 0 Å². The van der Waals surface area contributed by atoms with Gasteiger partial charge in [-0.25, -0.2) is 0 Å². The summed E-state index contributed by atoms with van der Waals surface area (Å²) >= 11 is 0. The zero-order valence-electron chi connectivity index (χ0n) is 5.52. The van der Waals surface area contributed by atoms with Crippen molar-refractivity contribution in [2.75, 3.05) is 0 Å². The Morgan fingerprint density at radius 2 is 2.11 bits per heavy atom. The van der Waals surface area contributed by atoms with Crippen LogP contribution in [0, 0.1) is 5.41 Å². The zero-order chi connectivity index (χ0) is 5.94. The van der Waals surface area contributed by atoms with Crippen molar-refractivity contribution in [3.05, 3.63) is 11.1 Å². The smallest absolute Gasteiger partial charge is 0.549 e. The first-order chi connectivity index (χ1) is 3.67. The molecule has 0 spiro atoms. The number of carboxylic acid groups (broad SMARTS) is 1. The van der Waals surface area contributed by atoms with Gasteiger partial charge in [-0.3, -0.25) is 0 Å². The van der Waals surface area contributed by atoms with Crippen molar-refractivity contribution < 1.29 is 39.5 Å². The number of aliphatic carboxylic acids is 1. The van der Waals surface area contributed by atoms with E-state index in [1.165, 1.54) is 0 Å². The summed E-state index contributed by atoms with van der Waals surface area (Å²) < 4.78 is 0. The maximum Gasteiger partial charge on any atom is 1.00 e. The van der Waals surface area contributed by atoms with Crippen LogP contribution in [-0.4, -0.2) is 5.97 Å². The van der Waals surface area contributed by atoms with Crippen molar-refractivity contribution in [2.24, 2.45) is 5.41 Å². The van der Waals surface area contributed by atoms with E-state index in [2.05, 4.69) is 0 Å². The van der Waals surface area contributed by atoms with Gasteiger partial charge in [0.25, 0.3) is 0 Å². The second-order valence-electron chi connectivity index (χ2n) is 2.55. The van der Waals surface area contributed by atoms with E-state index in [9.17, 15) is 9.90 Å². The third-order valence-electron chi connectivity index (χ3n) is 2.15. The topological polar surface area (TPSA) is 40.1 Å². The van der Waals surface area contributed by atoms with Crippen LogP contribution in [0.1, 0.15) is 13.3 Å². The van der Waals surface area contributed by atoms with Crippen molar-refractivity contribution in [1.29, 1.82) is 0 Å². The molecule has 2 aliphatic rings. The number of rotatable bonds is 1. The Balaban J connectivity index is 0.000000405. The molecule has 3 heteroatoms. The molecule has 2 nitrogen and oxygen atoms in total. The maximum atomic E-state index is 10.2. The third kappa shape index (κ3) is 0.642. The van der Waals surface area contributed by atoms with E-state index in [0.717, 1.165) is 17.6 Å². The SMILES string of the molecule is CC1(C(=O)[O-])C2=C1C2.[Na+]. The molecule has 0 heterocycles. The summed E-state index contributed by atoms with van der Waals surface area (Å²) in [5.41, 5.74) is 1.66. The van der Waals surface area contributed by atoms with E-state index in [4.69, 9.17) is 0 Å². The average molecular weight is 132 g/mol. The van der Waals surface area contributed by atoms with Gasteiger partial charge in [0.1, 0.15) is 0 Å². The van der Waals surface area contributed by atoms with Gasteiger partial charge < -0.3 is 9.90 Å². The fraction of sp³-hybridized carbons (Fsp3) is 0.500. The van der Waals surface area contributed by atoms with Crippen LogP contribution in [0.5, 0.6) is 0 Å². The van der Waals surface area contributed by atoms with E-state index < -0.39 is 11.4 Å². The molecule has 42 valence electrons.